The van der Waals surface area contributed by atoms with E-state index in [4.69, 9.17) is 11.5 Å². The standard InChI is InChI=1S/C26H38N6O7/c1-15(2)22(28)25(37)32-12-6-9-19(32)24(36)31-17(10-11-20(27)33)23(35)29-14-21(34)30-18(26(38)39)13-16-7-4-3-5-8-16/h3-5,7-8,15,17-19,22H,6,9-14,28H2,1-2H3,(H2,27,33)(H,29,35)(H,30,34)(H,31,36)(H,38,39)/t17-,18-,19-,22-/m0/s1. The van der Waals surface area contributed by atoms with Crippen molar-refractivity contribution in [3.8, 4) is 0 Å². The molecular formula is C26H38N6O7. The van der Waals surface area contributed by atoms with Crippen molar-refractivity contribution in [2.45, 2.75) is 70.1 Å². The van der Waals surface area contributed by atoms with Gasteiger partial charge in [-0.15, -0.1) is 0 Å². The van der Waals surface area contributed by atoms with Gasteiger partial charge in [-0.3, -0.25) is 24.0 Å². The highest BCUT2D eigenvalue weighted by Crippen LogP contribution is 2.20. The van der Waals surface area contributed by atoms with Crippen LogP contribution in [0.5, 0.6) is 0 Å². The largest absolute Gasteiger partial charge is 0.480 e. The van der Waals surface area contributed by atoms with E-state index < -0.39 is 60.3 Å². The maximum absolute atomic E-state index is 13.1. The van der Waals surface area contributed by atoms with Gasteiger partial charge in [0.15, 0.2) is 0 Å². The molecule has 1 heterocycles. The monoisotopic (exact) mass is 546 g/mol. The van der Waals surface area contributed by atoms with Gasteiger partial charge < -0.3 is 37.4 Å². The minimum Gasteiger partial charge on any atom is -0.480 e. The van der Waals surface area contributed by atoms with Crippen molar-refractivity contribution in [1.29, 1.82) is 0 Å². The summed E-state index contributed by atoms with van der Waals surface area (Å²) < 4.78 is 0. The number of carbonyl (C=O) groups excluding carboxylic acids is 5. The molecular weight excluding hydrogens is 508 g/mol. The number of nitrogens with one attached hydrogen (secondary N) is 3. The summed E-state index contributed by atoms with van der Waals surface area (Å²) >= 11 is 0. The molecule has 1 aromatic carbocycles. The van der Waals surface area contributed by atoms with Crippen LogP contribution in [-0.4, -0.2) is 82.8 Å². The lowest BCUT2D eigenvalue weighted by Gasteiger charge is -2.29. The average Bonchev–Trinajstić information content (AvgIpc) is 3.39. The quantitative estimate of drug-likeness (QED) is 0.163. The van der Waals surface area contributed by atoms with Gasteiger partial charge in [-0.05, 0) is 30.7 Å². The highest BCUT2D eigenvalue weighted by Gasteiger charge is 2.38. The van der Waals surface area contributed by atoms with Gasteiger partial charge in [-0.2, -0.15) is 0 Å². The summed E-state index contributed by atoms with van der Waals surface area (Å²) in [5.74, 6) is -4.51. The topological polar surface area (TPSA) is 214 Å². The number of carboxylic acid groups (broad SMARTS) is 1. The Labute approximate surface area is 227 Å². The maximum atomic E-state index is 13.1. The lowest BCUT2D eigenvalue weighted by molar-refractivity contribution is -0.141. The predicted octanol–water partition coefficient (Wildman–Crippen LogP) is -1.36. The number of primary amides is 1. The maximum Gasteiger partial charge on any atom is 0.326 e. The highest BCUT2D eigenvalue weighted by molar-refractivity contribution is 5.95. The number of carbonyl (C=O) groups is 6. The first-order chi connectivity index (χ1) is 18.4. The molecule has 13 heteroatoms. The summed E-state index contributed by atoms with van der Waals surface area (Å²) in [5, 5.41) is 16.8. The third kappa shape index (κ3) is 9.67. The van der Waals surface area contributed by atoms with Crippen LogP contribution in [-0.2, 0) is 35.2 Å². The number of nitrogens with zero attached hydrogens (tertiary/aromatic N) is 1. The lowest BCUT2D eigenvalue weighted by Crippen LogP contribution is -2.56. The van der Waals surface area contributed by atoms with Crippen LogP contribution in [0, 0.1) is 5.92 Å². The zero-order valence-electron chi connectivity index (χ0n) is 22.2. The molecule has 8 N–H and O–H groups in total. The van der Waals surface area contributed by atoms with Crippen LogP contribution in [0.1, 0.15) is 45.1 Å². The van der Waals surface area contributed by atoms with Crippen LogP contribution in [0.3, 0.4) is 0 Å². The molecule has 2 rings (SSSR count). The van der Waals surface area contributed by atoms with Crippen molar-refractivity contribution in [1.82, 2.24) is 20.9 Å². The van der Waals surface area contributed by atoms with E-state index in [0.717, 1.165) is 0 Å². The third-order valence-electron chi connectivity index (χ3n) is 6.49. The van der Waals surface area contributed by atoms with Gasteiger partial charge in [-0.25, -0.2) is 4.79 Å². The van der Waals surface area contributed by atoms with Gasteiger partial charge in [-0.1, -0.05) is 44.2 Å². The molecule has 214 valence electrons. The fraction of sp³-hybridized carbons (Fsp3) is 0.538. The van der Waals surface area contributed by atoms with Gasteiger partial charge in [0.05, 0.1) is 12.6 Å². The van der Waals surface area contributed by atoms with Gasteiger partial charge in [0.25, 0.3) is 0 Å². The SMILES string of the molecule is CC(C)[C@H](N)C(=O)N1CCC[C@H]1C(=O)N[C@@H](CCC(N)=O)C(=O)NCC(=O)N[C@@H](Cc1ccccc1)C(=O)O. The first kappa shape index (κ1) is 31.2. The van der Waals surface area contributed by atoms with Crippen molar-refractivity contribution >= 4 is 35.5 Å². The molecule has 0 unspecified atom stereocenters. The number of likely N-dealkylation sites (tertiary alicyclic amines) is 1. The fourth-order valence-corrected chi connectivity index (χ4v) is 4.19. The molecule has 39 heavy (non-hydrogen) atoms. The molecule has 1 saturated heterocycles. The second kappa shape index (κ2) is 14.8. The first-order valence-electron chi connectivity index (χ1n) is 12.9. The zero-order chi connectivity index (χ0) is 29.1. The molecule has 0 aromatic heterocycles. The number of nitrogens with two attached hydrogens (primary N) is 2. The second-order valence-electron chi connectivity index (χ2n) is 9.89. The van der Waals surface area contributed by atoms with Crippen LogP contribution in [0.2, 0.25) is 0 Å². The minimum atomic E-state index is -1.24. The number of benzene rings is 1. The van der Waals surface area contributed by atoms with E-state index in [1.807, 2.05) is 0 Å². The Hall–Kier alpha value is -4.00. The molecule has 1 aliphatic heterocycles. The lowest BCUT2D eigenvalue weighted by atomic mass is 10.0. The molecule has 5 amide bonds. The average molecular weight is 547 g/mol. The fourth-order valence-electron chi connectivity index (χ4n) is 4.19. The Morgan fingerprint density at radius 2 is 1.72 bits per heavy atom. The summed E-state index contributed by atoms with van der Waals surface area (Å²) in [6, 6.07) is 4.69. The normalized spacial score (nSPS) is 17.1. The number of hydrogen-bond donors (Lipinski definition) is 6. The van der Waals surface area contributed by atoms with E-state index >= 15 is 0 Å². The van der Waals surface area contributed by atoms with E-state index in [1.54, 1.807) is 44.2 Å². The molecule has 4 atom stereocenters. The number of rotatable bonds is 14. The van der Waals surface area contributed by atoms with Crippen LogP contribution < -0.4 is 27.4 Å². The van der Waals surface area contributed by atoms with E-state index in [-0.39, 0.29) is 31.1 Å². The van der Waals surface area contributed by atoms with E-state index in [1.165, 1.54) is 4.90 Å². The van der Waals surface area contributed by atoms with Crippen molar-refractivity contribution in [3.63, 3.8) is 0 Å². The third-order valence-corrected chi connectivity index (χ3v) is 6.49. The van der Waals surface area contributed by atoms with Crippen molar-refractivity contribution in [2.24, 2.45) is 17.4 Å². The summed E-state index contributed by atoms with van der Waals surface area (Å²) in [7, 11) is 0. The number of amides is 5. The highest BCUT2D eigenvalue weighted by atomic mass is 16.4. The Bertz CT molecular complexity index is 1050. The Balaban J connectivity index is 2.00. The second-order valence-corrected chi connectivity index (χ2v) is 9.89. The zero-order valence-corrected chi connectivity index (χ0v) is 22.2. The number of aliphatic carboxylic acids is 1. The summed E-state index contributed by atoms with van der Waals surface area (Å²) in [5.41, 5.74) is 11.9. The van der Waals surface area contributed by atoms with Gasteiger partial charge >= 0.3 is 5.97 Å². The number of hydrogen-bond acceptors (Lipinski definition) is 7. The molecule has 1 aromatic rings. The van der Waals surface area contributed by atoms with Crippen LogP contribution in [0.4, 0.5) is 0 Å². The molecule has 1 aliphatic rings. The molecule has 0 spiro atoms. The van der Waals surface area contributed by atoms with Gasteiger partial charge in [0.2, 0.25) is 29.5 Å². The Morgan fingerprint density at radius 3 is 2.31 bits per heavy atom. The summed E-state index contributed by atoms with van der Waals surface area (Å²) in [6.45, 7) is 3.39. The van der Waals surface area contributed by atoms with E-state index in [0.29, 0.717) is 24.9 Å². The predicted molar refractivity (Wildman–Crippen MR) is 141 cm³/mol. The van der Waals surface area contributed by atoms with Crippen molar-refractivity contribution in [3.05, 3.63) is 35.9 Å². The van der Waals surface area contributed by atoms with E-state index in [2.05, 4.69) is 16.0 Å². The van der Waals surface area contributed by atoms with Crippen LogP contribution >= 0.6 is 0 Å². The molecule has 0 radical (unpaired) electrons. The summed E-state index contributed by atoms with van der Waals surface area (Å²) in [6.07, 6.45) is 0.665. The Kier molecular flexibility index (Phi) is 11.9. The molecule has 13 nitrogen and oxygen atoms in total. The smallest absolute Gasteiger partial charge is 0.326 e. The van der Waals surface area contributed by atoms with Crippen molar-refractivity contribution < 1.29 is 33.9 Å². The number of carboxylic acids is 1. The van der Waals surface area contributed by atoms with Crippen LogP contribution in [0.15, 0.2) is 30.3 Å². The molecule has 0 aliphatic carbocycles. The first-order valence-corrected chi connectivity index (χ1v) is 12.9. The minimum absolute atomic E-state index is 0.0459. The molecule has 1 fully saturated rings. The van der Waals surface area contributed by atoms with E-state index in [9.17, 15) is 33.9 Å². The van der Waals surface area contributed by atoms with Crippen LogP contribution in [0.25, 0.3) is 0 Å². The molecule has 0 saturated carbocycles. The van der Waals surface area contributed by atoms with Gasteiger partial charge in [0.1, 0.15) is 18.1 Å². The molecule has 0 bridgehead atoms. The Morgan fingerprint density at radius 1 is 1.05 bits per heavy atom. The van der Waals surface area contributed by atoms with Crippen molar-refractivity contribution in [2.75, 3.05) is 13.1 Å². The summed E-state index contributed by atoms with van der Waals surface area (Å²) in [4.78, 5) is 75.4. The van der Waals surface area contributed by atoms with Gasteiger partial charge in [0, 0.05) is 19.4 Å².